The molecule has 0 radical (unpaired) electrons. The van der Waals surface area contributed by atoms with Crippen LogP contribution < -0.4 is 5.48 Å². The summed E-state index contributed by atoms with van der Waals surface area (Å²) in [4.78, 5) is 36.9. The van der Waals surface area contributed by atoms with Crippen molar-refractivity contribution >= 4 is 40.4 Å². The Labute approximate surface area is 198 Å². The normalized spacial score (nSPS) is 22.0. The van der Waals surface area contributed by atoms with Gasteiger partial charge in [-0.25, -0.2) is 19.8 Å². The molecule has 0 spiro atoms. The molecule has 1 fully saturated rings. The molecule has 12 heteroatoms. The van der Waals surface area contributed by atoms with Crippen molar-refractivity contribution in [2.45, 2.75) is 44.8 Å². The Morgan fingerprint density at radius 3 is 2.47 bits per heavy atom. The van der Waals surface area contributed by atoms with Gasteiger partial charge in [0.25, 0.3) is 0 Å². The van der Waals surface area contributed by atoms with Crippen molar-refractivity contribution in [2.75, 3.05) is 12.6 Å². The first-order valence-corrected chi connectivity index (χ1v) is 10.7. The van der Waals surface area contributed by atoms with Gasteiger partial charge in [0, 0.05) is 31.5 Å². The molecule has 1 N–H and O–H groups in total. The highest BCUT2D eigenvalue weighted by molar-refractivity contribution is 6.30. The summed E-state index contributed by atoms with van der Waals surface area (Å²) in [5, 5.41) is 0.623. The van der Waals surface area contributed by atoms with Crippen molar-refractivity contribution in [3.63, 3.8) is 0 Å². The van der Waals surface area contributed by atoms with E-state index in [2.05, 4.69) is 15.4 Å². The average Bonchev–Trinajstić information content (AvgIpc) is 3.28. The SMILES string of the molecule is CONc1ncnc2c1c(F)cn2[C@@H]1O[C@H](Cc2ccc(Cl)cc2)[C@@H](OC(C)=O)[C@H]1OC(C)=O. The van der Waals surface area contributed by atoms with Gasteiger partial charge in [-0.1, -0.05) is 23.7 Å². The van der Waals surface area contributed by atoms with Crippen LogP contribution in [0, 0.1) is 5.82 Å². The van der Waals surface area contributed by atoms with Gasteiger partial charge in [-0.2, -0.15) is 0 Å². The Morgan fingerprint density at radius 2 is 1.82 bits per heavy atom. The third kappa shape index (κ3) is 4.81. The van der Waals surface area contributed by atoms with Gasteiger partial charge in [0.15, 0.2) is 35.7 Å². The van der Waals surface area contributed by atoms with Crippen LogP contribution in [0.25, 0.3) is 11.0 Å². The standard InChI is InChI=1S/C22H22ClFN4O6/c1-11(29)32-18-16(8-13-4-6-14(23)7-5-13)34-22(19(18)33-12(2)30)28-9-15(24)17-20(27-31-3)25-10-26-21(17)28/h4-7,9-10,16,18-19,22H,8H2,1-3H3,(H,25,26,27)/t16-,18-,19-,22-/m1/s1. The molecule has 0 amide bonds. The smallest absolute Gasteiger partial charge is 0.303 e. The zero-order valence-electron chi connectivity index (χ0n) is 18.5. The van der Waals surface area contributed by atoms with E-state index in [1.807, 2.05) is 12.1 Å². The second-order valence-corrected chi connectivity index (χ2v) is 8.09. The van der Waals surface area contributed by atoms with Crippen LogP contribution in [0.15, 0.2) is 36.8 Å². The highest BCUT2D eigenvalue weighted by atomic mass is 35.5. The maximum atomic E-state index is 15.0. The van der Waals surface area contributed by atoms with Crippen molar-refractivity contribution in [2.24, 2.45) is 0 Å². The second kappa shape index (κ2) is 9.92. The first-order valence-electron chi connectivity index (χ1n) is 10.3. The molecule has 4 atom stereocenters. The third-order valence-corrected chi connectivity index (χ3v) is 5.53. The zero-order chi connectivity index (χ0) is 24.4. The van der Waals surface area contributed by atoms with Crippen LogP contribution in [0.1, 0.15) is 25.6 Å². The van der Waals surface area contributed by atoms with E-state index in [-0.39, 0.29) is 16.9 Å². The topological polar surface area (TPSA) is 114 Å². The van der Waals surface area contributed by atoms with E-state index < -0.39 is 42.3 Å². The van der Waals surface area contributed by atoms with Crippen LogP contribution in [-0.4, -0.2) is 51.9 Å². The summed E-state index contributed by atoms with van der Waals surface area (Å²) in [5.41, 5.74) is 3.53. The summed E-state index contributed by atoms with van der Waals surface area (Å²) < 4.78 is 33.6. The highest BCUT2D eigenvalue weighted by Crippen LogP contribution is 2.38. The molecule has 1 aliphatic rings. The Kier molecular flexibility index (Phi) is 6.96. The molecule has 10 nitrogen and oxygen atoms in total. The molecule has 1 saturated heterocycles. The summed E-state index contributed by atoms with van der Waals surface area (Å²) in [6, 6.07) is 7.07. The highest BCUT2D eigenvalue weighted by Gasteiger charge is 2.50. The Bertz CT molecular complexity index is 1200. The molecule has 0 aliphatic carbocycles. The minimum Gasteiger partial charge on any atom is -0.456 e. The van der Waals surface area contributed by atoms with Gasteiger partial charge in [0.2, 0.25) is 0 Å². The number of aromatic nitrogens is 3. The van der Waals surface area contributed by atoms with E-state index in [1.165, 1.54) is 31.9 Å². The lowest BCUT2D eigenvalue weighted by Gasteiger charge is -2.24. The van der Waals surface area contributed by atoms with Crippen LogP contribution in [-0.2, 0) is 35.1 Å². The number of carbonyl (C=O) groups excluding carboxylic acids is 2. The summed E-state index contributed by atoms with van der Waals surface area (Å²) >= 11 is 5.98. The van der Waals surface area contributed by atoms with Crippen molar-refractivity contribution < 1.29 is 33.0 Å². The molecule has 180 valence electrons. The van der Waals surface area contributed by atoms with E-state index >= 15 is 0 Å². The number of nitrogens with one attached hydrogen (secondary N) is 1. The number of esters is 2. The molecule has 0 bridgehead atoms. The fourth-order valence-corrected chi connectivity index (χ4v) is 4.13. The number of hydrogen-bond donors (Lipinski definition) is 1. The molecule has 1 aliphatic heterocycles. The molecule has 3 heterocycles. The van der Waals surface area contributed by atoms with Gasteiger partial charge >= 0.3 is 11.9 Å². The number of benzene rings is 1. The van der Waals surface area contributed by atoms with Gasteiger partial charge in [0.1, 0.15) is 12.4 Å². The van der Waals surface area contributed by atoms with Gasteiger partial charge in [-0.3, -0.25) is 19.0 Å². The lowest BCUT2D eigenvalue weighted by Crippen LogP contribution is -2.39. The van der Waals surface area contributed by atoms with E-state index in [4.69, 9.17) is 30.6 Å². The Morgan fingerprint density at radius 1 is 1.15 bits per heavy atom. The van der Waals surface area contributed by atoms with Gasteiger partial charge in [-0.05, 0) is 17.7 Å². The zero-order valence-corrected chi connectivity index (χ0v) is 19.3. The number of carbonyl (C=O) groups is 2. The molecule has 1 aromatic carbocycles. The largest absolute Gasteiger partial charge is 0.456 e. The third-order valence-electron chi connectivity index (χ3n) is 5.28. The number of halogens is 2. The van der Waals surface area contributed by atoms with Crippen molar-refractivity contribution in [1.82, 2.24) is 14.5 Å². The summed E-state index contributed by atoms with van der Waals surface area (Å²) in [5.74, 6) is -1.73. The Balaban J connectivity index is 1.77. The molecular formula is C22H22ClFN4O6. The van der Waals surface area contributed by atoms with E-state index in [0.717, 1.165) is 11.8 Å². The number of hydrogen-bond acceptors (Lipinski definition) is 9. The number of anilines is 1. The van der Waals surface area contributed by atoms with Crippen molar-refractivity contribution in [3.05, 3.63) is 53.2 Å². The number of ether oxygens (including phenoxy) is 3. The van der Waals surface area contributed by atoms with Crippen molar-refractivity contribution in [1.29, 1.82) is 0 Å². The fourth-order valence-electron chi connectivity index (χ4n) is 4.01. The number of nitrogens with zero attached hydrogens (tertiary/aromatic N) is 3. The van der Waals surface area contributed by atoms with E-state index in [0.29, 0.717) is 11.4 Å². The molecule has 0 saturated carbocycles. The molecule has 2 aromatic heterocycles. The predicted molar refractivity (Wildman–Crippen MR) is 118 cm³/mol. The minimum absolute atomic E-state index is 0.0553. The van der Waals surface area contributed by atoms with Crippen LogP contribution in [0.2, 0.25) is 5.02 Å². The van der Waals surface area contributed by atoms with E-state index in [1.54, 1.807) is 12.1 Å². The first kappa shape index (κ1) is 23.9. The second-order valence-electron chi connectivity index (χ2n) is 7.66. The van der Waals surface area contributed by atoms with Gasteiger partial charge in [0.05, 0.1) is 12.5 Å². The summed E-state index contributed by atoms with van der Waals surface area (Å²) in [6.45, 7) is 2.48. The lowest BCUT2D eigenvalue weighted by atomic mass is 10.0. The maximum Gasteiger partial charge on any atom is 0.303 e. The summed E-state index contributed by atoms with van der Waals surface area (Å²) in [7, 11) is 1.37. The molecule has 0 unspecified atom stereocenters. The monoisotopic (exact) mass is 492 g/mol. The Hall–Kier alpha value is -3.28. The first-order chi connectivity index (χ1) is 16.3. The summed E-state index contributed by atoms with van der Waals surface area (Å²) in [6.07, 6.45) is -1.07. The van der Waals surface area contributed by atoms with E-state index in [9.17, 15) is 14.0 Å². The molecule has 3 aromatic rings. The lowest BCUT2D eigenvalue weighted by molar-refractivity contribution is -0.165. The van der Waals surface area contributed by atoms with Gasteiger partial charge < -0.3 is 14.2 Å². The maximum absolute atomic E-state index is 15.0. The predicted octanol–water partition coefficient (Wildman–Crippen LogP) is 3.20. The van der Waals surface area contributed by atoms with Crippen LogP contribution in [0.5, 0.6) is 0 Å². The van der Waals surface area contributed by atoms with Crippen LogP contribution >= 0.6 is 11.6 Å². The number of fused-ring (bicyclic) bond motifs is 1. The fraction of sp³-hybridized carbons (Fsp3) is 0.364. The van der Waals surface area contributed by atoms with Gasteiger partial charge in [-0.15, -0.1) is 0 Å². The van der Waals surface area contributed by atoms with Crippen molar-refractivity contribution in [3.8, 4) is 0 Å². The quantitative estimate of drug-likeness (QED) is 0.392. The van der Waals surface area contributed by atoms with Crippen LogP contribution in [0.3, 0.4) is 0 Å². The average molecular weight is 493 g/mol. The molecular weight excluding hydrogens is 471 g/mol. The molecule has 34 heavy (non-hydrogen) atoms. The molecule has 4 rings (SSSR count). The number of rotatable bonds is 7. The van der Waals surface area contributed by atoms with Crippen LogP contribution in [0.4, 0.5) is 10.2 Å². The minimum atomic E-state index is -1.07.